The van der Waals surface area contributed by atoms with Crippen molar-refractivity contribution in [1.29, 1.82) is 0 Å². The molecular weight excluding hydrogens is 757 g/mol. The van der Waals surface area contributed by atoms with E-state index < -0.39 is 11.9 Å². The van der Waals surface area contributed by atoms with Crippen molar-refractivity contribution < 1.29 is 23.8 Å². The summed E-state index contributed by atoms with van der Waals surface area (Å²) in [5, 5.41) is 12.1. The van der Waals surface area contributed by atoms with Gasteiger partial charge in [0.15, 0.2) is 0 Å². The second-order valence-corrected chi connectivity index (χ2v) is 15.6. The van der Waals surface area contributed by atoms with Gasteiger partial charge in [0.1, 0.15) is 17.2 Å². The van der Waals surface area contributed by atoms with E-state index in [-0.39, 0.29) is 0 Å². The molecule has 0 saturated heterocycles. The van der Waals surface area contributed by atoms with Crippen LogP contribution in [0.2, 0.25) is 0 Å². The van der Waals surface area contributed by atoms with E-state index in [2.05, 4.69) is 17.2 Å². The maximum Gasteiger partial charge on any atom is 0.343 e. The van der Waals surface area contributed by atoms with Crippen molar-refractivity contribution in [2.24, 2.45) is 10.2 Å². The van der Waals surface area contributed by atoms with E-state index >= 15 is 0 Å². The topological polar surface area (TPSA) is 86.5 Å². The van der Waals surface area contributed by atoms with Crippen molar-refractivity contribution in [3.05, 3.63) is 162 Å². The molecule has 0 radical (unpaired) electrons. The standard InChI is InChI=1S/C54H54N2O5/c1-4-5-6-7-8-9-10-11-12-20-35-59-50-37-43(36-38(2)39(50)3)54(58)61-49-34-30-41-22-17-19-26-47(41)52(49)51-46-25-18-16-21-40(46)29-33-48(51)60-53(57)42-27-31-45(32-28-42)56-55-44-23-14-13-15-24-44/h13-19,21-34,36-37H,4-12,20,35H2,1-3H3/b56-55+. The van der Waals surface area contributed by atoms with E-state index in [1.54, 1.807) is 36.4 Å². The molecule has 0 atom stereocenters. The molecule has 0 amide bonds. The minimum Gasteiger partial charge on any atom is -0.493 e. The lowest BCUT2D eigenvalue weighted by Crippen LogP contribution is -2.12. The molecule has 0 heterocycles. The fraction of sp³-hybridized carbons (Fsp3) is 0.259. The smallest absolute Gasteiger partial charge is 0.343 e. The van der Waals surface area contributed by atoms with Crippen LogP contribution >= 0.6 is 0 Å². The van der Waals surface area contributed by atoms with Gasteiger partial charge in [-0.25, -0.2) is 9.59 Å². The van der Waals surface area contributed by atoms with Gasteiger partial charge in [-0.1, -0.05) is 144 Å². The molecule has 61 heavy (non-hydrogen) atoms. The number of nitrogens with zero attached hydrogens (tertiary/aromatic N) is 2. The van der Waals surface area contributed by atoms with Crippen molar-refractivity contribution in [2.45, 2.75) is 85.0 Å². The molecule has 0 N–H and O–H groups in total. The molecule has 7 heteroatoms. The zero-order chi connectivity index (χ0) is 42.4. The summed E-state index contributed by atoms with van der Waals surface area (Å²) in [5.41, 5.74) is 5.32. The fourth-order valence-corrected chi connectivity index (χ4v) is 7.65. The van der Waals surface area contributed by atoms with E-state index in [0.717, 1.165) is 51.2 Å². The van der Waals surface area contributed by atoms with Crippen LogP contribution in [-0.4, -0.2) is 18.5 Å². The monoisotopic (exact) mass is 810 g/mol. The number of ether oxygens (including phenoxy) is 3. The Kier molecular flexibility index (Phi) is 14.7. The Bertz CT molecular complexity index is 2620. The SMILES string of the molecule is CCCCCCCCCCCCOc1cc(C(=O)Oc2ccc3ccccc3c2-c2c(OC(=O)c3ccc(/N=N/c4ccccc4)cc3)ccc3ccccc23)cc(C)c1C. The molecule has 0 spiro atoms. The molecule has 0 aliphatic heterocycles. The van der Waals surface area contributed by atoms with Gasteiger partial charge in [0.25, 0.3) is 0 Å². The molecule has 7 aromatic rings. The number of carbonyl (C=O) groups excluding carboxylic acids is 2. The highest BCUT2D eigenvalue weighted by Crippen LogP contribution is 2.46. The van der Waals surface area contributed by atoms with Gasteiger partial charge >= 0.3 is 11.9 Å². The first kappa shape index (κ1) is 42.5. The van der Waals surface area contributed by atoms with E-state index in [1.165, 1.54) is 51.4 Å². The minimum absolute atomic E-state index is 0.332. The fourth-order valence-electron chi connectivity index (χ4n) is 7.65. The highest BCUT2D eigenvalue weighted by molar-refractivity contribution is 6.11. The summed E-state index contributed by atoms with van der Waals surface area (Å²) in [4.78, 5) is 28.0. The van der Waals surface area contributed by atoms with Crippen LogP contribution < -0.4 is 14.2 Å². The molecule has 0 fully saturated rings. The normalized spacial score (nSPS) is 11.3. The number of hydrogen-bond donors (Lipinski definition) is 0. The van der Waals surface area contributed by atoms with Gasteiger partial charge < -0.3 is 14.2 Å². The molecule has 0 saturated carbocycles. The van der Waals surface area contributed by atoms with Gasteiger partial charge in [0.2, 0.25) is 0 Å². The zero-order valence-corrected chi connectivity index (χ0v) is 35.5. The van der Waals surface area contributed by atoms with Crippen LogP contribution in [-0.2, 0) is 0 Å². The number of hydrogen-bond acceptors (Lipinski definition) is 7. The van der Waals surface area contributed by atoms with Gasteiger partial charge in [-0.05, 0) is 114 Å². The lowest BCUT2D eigenvalue weighted by Gasteiger charge is -2.19. The number of fused-ring (bicyclic) bond motifs is 2. The quantitative estimate of drug-likeness (QED) is 0.0351. The van der Waals surface area contributed by atoms with Crippen molar-refractivity contribution in [2.75, 3.05) is 6.61 Å². The number of azo groups is 1. The van der Waals surface area contributed by atoms with Crippen LogP contribution in [0, 0.1) is 13.8 Å². The summed E-state index contributed by atoms with van der Waals surface area (Å²) in [5.74, 6) is 0.321. The van der Waals surface area contributed by atoms with Crippen molar-refractivity contribution in [3.63, 3.8) is 0 Å². The van der Waals surface area contributed by atoms with E-state index in [1.807, 2.05) is 117 Å². The average molecular weight is 811 g/mol. The summed E-state index contributed by atoms with van der Waals surface area (Å²) < 4.78 is 18.9. The second-order valence-electron chi connectivity index (χ2n) is 15.6. The van der Waals surface area contributed by atoms with E-state index in [9.17, 15) is 9.59 Å². The summed E-state index contributed by atoms with van der Waals surface area (Å²) in [7, 11) is 0. The Morgan fingerprint density at radius 2 is 0.967 bits per heavy atom. The second kappa shape index (κ2) is 21.1. The van der Waals surface area contributed by atoms with Gasteiger partial charge in [-0.2, -0.15) is 10.2 Å². The van der Waals surface area contributed by atoms with Crippen molar-refractivity contribution >= 4 is 44.9 Å². The summed E-state index contributed by atoms with van der Waals surface area (Å²) in [6, 6.07) is 43.2. The molecule has 0 unspecified atom stereocenters. The Balaban J connectivity index is 1.13. The predicted molar refractivity (Wildman–Crippen MR) is 247 cm³/mol. The van der Waals surface area contributed by atoms with E-state index in [0.29, 0.717) is 51.8 Å². The summed E-state index contributed by atoms with van der Waals surface area (Å²) in [6.07, 6.45) is 12.5. The third-order valence-electron chi connectivity index (χ3n) is 11.2. The molecule has 7 rings (SSSR count). The summed E-state index contributed by atoms with van der Waals surface area (Å²) >= 11 is 0. The number of esters is 2. The summed E-state index contributed by atoms with van der Waals surface area (Å²) in [6.45, 7) is 6.86. The number of benzene rings is 7. The van der Waals surface area contributed by atoms with Crippen LogP contribution in [0.25, 0.3) is 32.7 Å². The maximum atomic E-state index is 14.2. The van der Waals surface area contributed by atoms with Gasteiger partial charge in [0.05, 0.1) is 29.1 Å². The average Bonchev–Trinajstić information content (AvgIpc) is 3.29. The molecule has 7 aromatic carbocycles. The third kappa shape index (κ3) is 11.0. The molecule has 0 aliphatic rings. The van der Waals surface area contributed by atoms with Crippen LogP contribution in [0.5, 0.6) is 17.2 Å². The molecule has 0 aromatic heterocycles. The first-order chi connectivity index (χ1) is 29.9. The first-order valence-electron chi connectivity index (χ1n) is 21.7. The van der Waals surface area contributed by atoms with Crippen LogP contribution in [0.4, 0.5) is 11.4 Å². The lowest BCUT2D eigenvalue weighted by molar-refractivity contribution is 0.0723. The van der Waals surface area contributed by atoms with Crippen LogP contribution in [0.15, 0.2) is 150 Å². The maximum absolute atomic E-state index is 14.2. The molecule has 7 nitrogen and oxygen atoms in total. The van der Waals surface area contributed by atoms with Crippen molar-refractivity contribution in [1.82, 2.24) is 0 Å². The first-order valence-corrected chi connectivity index (χ1v) is 21.7. The Morgan fingerprint density at radius 1 is 0.475 bits per heavy atom. The Hall–Kier alpha value is -6.60. The zero-order valence-electron chi connectivity index (χ0n) is 35.5. The Labute approximate surface area is 359 Å². The number of rotatable bonds is 19. The highest BCUT2D eigenvalue weighted by Gasteiger charge is 2.23. The number of aryl methyl sites for hydroxylation is 1. The van der Waals surface area contributed by atoms with Gasteiger partial charge in [0, 0.05) is 11.1 Å². The Morgan fingerprint density at radius 3 is 1.54 bits per heavy atom. The molecular formula is C54H54N2O5. The predicted octanol–water partition coefficient (Wildman–Crippen LogP) is 15.4. The largest absolute Gasteiger partial charge is 0.493 e. The highest BCUT2D eigenvalue weighted by atomic mass is 16.5. The van der Waals surface area contributed by atoms with E-state index in [4.69, 9.17) is 14.2 Å². The third-order valence-corrected chi connectivity index (χ3v) is 11.2. The van der Waals surface area contributed by atoms with Crippen LogP contribution in [0.1, 0.15) is 103 Å². The van der Waals surface area contributed by atoms with Gasteiger partial charge in [-0.15, -0.1) is 0 Å². The van der Waals surface area contributed by atoms with Crippen molar-refractivity contribution in [3.8, 4) is 28.4 Å². The molecule has 310 valence electrons. The lowest BCUT2D eigenvalue weighted by atomic mass is 9.92. The number of carbonyl (C=O) groups is 2. The van der Waals surface area contributed by atoms with Gasteiger partial charge in [-0.3, -0.25) is 0 Å². The molecule has 0 bridgehead atoms. The number of unbranched alkanes of at least 4 members (excludes halogenated alkanes) is 9. The molecule has 0 aliphatic carbocycles. The minimum atomic E-state index is -0.540. The van der Waals surface area contributed by atoms with Crippen LogP contribution in [0.3, 0.4) is 0 Å².